The normalized spacial score (nSPS) is 15.5. The third kappa shape index (κ3) is 6.70. The van der Waals surface area contributed by atoms with Gasteiger partial charge in [-0.15, -0.1) is 0 Å². The summed E-state index contributed by atoms with van der Waals surface area (Å²) in [5.74, 6) is 0.169. The Bertz CT molecular complexity index is 920. The molecule has 0 saturated carbocycles. The van der Waals surface area contributed by atoms with Gasteiger partial charge in [-0.05, 0) is 65.5 Å². The first-order chi connectivity index (χ1) is 15.1. The van der Waals surface area contributed by atoms with Crippen LogP contribution >= 0.6 is 0 Å². The van der Waals surface area contributed by atoms with Gasteiger partial charge in [0.1, 0.15) is 5.60 Å². The molecule has 1 fully saturated rings. The Morgan fingerprint density at radius 2 is 1.75 bits per heavy atom. The lowest BCUT2D eigenvalue weighted by Crippen LogP contribution is -2.47. The maximum absolute atomic E-state index is 13.0. The van der Waals surface area contributed by atoms with Crippen LogP contribution in [0.4, 0.5) is 4.79 Å². The van der Waals surface area contributed by atoms with Gasteiger partial charge in [0, 0.05) is 42.6 Å². The van der Waals surface area contributed by atoms with Crippen LogP contribution in [0.1, 0.15) is 60.9 Å². The molecule has 1 N–H and O–H groups in total. The largest absolute Gasteiger partial charge is 0.444 e. The smallest absolute Gasteiger partial charge is 0.407 e. The number of hydrogen-bond donors (Lipinski definition) is 1. The molecule has 1 amide bonds. The summed E-state index contributed by atoms with van der Waals surface area (Å²) >= 11 is 0. The van der Waals surface area contributed by atoms with Crippen LogP contribution < -0.4 is 5.32 Å². The van der Waals surface area contributed by atoms with Gasteiger partial charge in [-0.3, -0.25) is 9.69 Å². The average Bonchev–Trinajstić information content (AvgIpc) is 3.01. The number of nitrogens with one attached hydrogen (secondary N) is 1. The number of aryl methyl sites for hydroxylation is 2. The predicted molar refractivity (Wildman–Crippen MR) is 127 cm³/mol. The number of ketones is 1. The number of piperidine rings is 1. The van der Waals surface area contributed by atoms with Crippen molar-refractivity contribution in [3.05, 3.63) is 58.9 Å². The van der Waals surface area contributed by atoms with Gasteiger partial charge >= 0.3 is 6.09 Å². The summed E-state index contributed by atoms with van der Waals surface area (Å²) in [6.45, 7) is 12.6. The monoisotopic (exact) mass is 439 g/mol. The summed E-state index contributed by atoms with van der Waals surface area (Å²) in [5.41, 5.74) is 3.80. The Morgan fingerprint density at radius 3 is 2.38 bits per heavy atom. The second-order valence-corrected chi connectivity index (χ2v) is 9.79. The molecular weight excluding hydrogens is 402 g/mol. The molecule has 0 unspecified atom stereocenters. The Kier molecular flexibility index (Phi) is 7.77. The average molecular weight is 440 g/mol. The molecule has 1 aliphatic rings. The number of Topliss-reactive ketones (excluding diaryl/α,β-unsaturated/α-hetero) is 1. The minimum absolute atomic E-state index is 0.0965. The van der Waals surface area contributed by atoms with Crippen molar-refractivity contribution in [1.29, 1.82) is 0 Å². The number of alkyl carbamates (subject to hydrolysis) is 1. The van der Waals surface area contributed by atoms with Crippen molar-refractivity contribution >= 4 is 11.9 Å². The minimum Gasteiger partial charge on any atom is -0.444 e. The summed E-state index contributed by atoms with van der Waals surface area (Å²) in [7, 11) is 0. The quantitative estimate of drug-likeness (QED) is 0.645. The molecular formula is C26H37N3O3. The number of benzene rings is 1. The van der Waals surface area contributed by atoms with Gasteiger partial charge in [0.25, 0.3) is 0 Å². The summed E-state index contributed by atoms with van der Waals surface area (Å²) < 4.78 is 7.59. The van der Waals surface area contributed by atoms with E-state index >= 15 is 0 Å². The number of hydrogen-bond acceptors (Lipinski definition) is 4. The Morgan fingerprint density at radius 1 is 1.09 bits per heavy atom. The zero-order valence-corrected chi connectivity index (χ0v) is 20.1. The van der Waals surface area contributed by atoms with E-state index in [4.69, 9.17) is 4.74 Å². The van der Waals surface area contributed by atoms with E-state index in [9.17, 15) is 9.59 Å². The molecule has 6 heteroatoms. The summed E-state index contributed by atoms with van der Waals surface area (Å²) in [4.78, 5) is 27.2. The van der Waals surface area contributed by atoms with Crippen LogP contribution in [0.15, 0.2) is 36.4 Å². The summed E-state index contributed by atoms with van der Waals surface area (Å²) in [5, 5.41) is 2.95. The fourth-order valence-electron chi connectivity index (χ4n) is 4.31. The maximum Gasteiger partial charge on any atom is 0.407 e. The van der Waals surface area contributed by atoms with Crippen molar-refractivity contribution in [3.63, 3.8) is 0 Å². The van der Waals surface area contributed by atoms with Crippen molar-refractivity contribution in [2.24, 2.45) is 0 Å². The lowest BCUT2D eigenvalue weighted by atomic mass is 10.0. The number of likely N-dealkylation sites (tertiary alicyclic amines) is 1. The van der Waals surface area contributed by atoms with Crippen LogP contribution in [0.25, 0.3) is 0 Å². The highest BCUT2D eigenvalue weighted by Crippen LogP contribution is 2.19. The summed E-state index contributed by atoms with van der Waals surface area (Å²) in [6.07, 6.45) is 2.23. The maximum atomic E-state index is 13.0. The number of ether oxygens (including phenoxy) is 1. The zero-order chi connectivity index (χ0) is 23.3. The van der Waals surface area contributed by atoms with E-state index in [1.54, 1.807) is 0 Å². The molecule has 174 valence electrons. The van der Waals surface area contributed by atoms with Gasteiger partial charge in [0.05, 0.1) is 6.54 Å². The molecule has 0 aliphatic carbocycles. The van der Waals surface area contributed by atoms with Gasteiger partial charge in [0.15, 0.2) is 5.78 Å². The number of carbonyl (C=O) groups is 2. The van der Waals surface area contributed by atoms with E-state index in [-0.39, 0.29) is 17.9 Å². The minimum atomic E-state index is -0.495. The first kappa shape index (κ1) is 24.1. The van der Waals surface area contributed by atoms with E-state index in [0.717, 1.165) is 55.8 Å². The van der Waals surface area contributed by atoms with Gasteiger partial charge in [-0.25, -0.2) is 4.79 Å². The Balaban J connectivity index is 1.50. The third-order valence-electron chi connectivity index (χ3n) is 6.02. The first-order valence-electron chi connectivity index (χ1n) is 11.6. The molecule has 2 heterocycles. The molecule has 1 aromatic heterocycles. The molecule has 1 aromatic carbocycles. The van der Waals surface area contributed by atoms with Crippen LogP contribution in [0.3, 0.4) is 0 Å². The highest BCUT2D eigenvalue weighted by molar-refractivity contribution is 5.99. The lowest BCUT2D eigenvalue weighted by molar-refractivity contribution is 0.0476. The van der Waals surface area contributed by atoms with Crippen molar-refractivity contribution in [3.8, 4) is 0 Å². The van der Waals surface area contributed by atoms with E-state index in [2.05, 4.69) is 46.0 Å². The predicted octanol–water partition coefficient (Wildman–Crippen LogP) is 4.52. The van der Waals surface area contributed by atoms with E-state index < -0.39 is 5.60 Å². The second-order valence-electron chi connectivity index (χ2n) is 9.79. The fraction of sp³-hybridized carbons (Fsp3) is 0.538. The van der Waals surface area contributed by atoms with Crippen molar-refractivity contribution in [2.45, 2.75) is 72.1 Å². The van der Waals surface area contributed by atoms with Crippen LogP contribution in [-0.4, -0.2) is 52.6 Å². The highest BCUT2D eigenvalue weighted by Gasteiger charge is 2.25. The van der Waals surface area contributed by atoms with E-state index in [0.29, 0.717) is 6.54 Å². The zero-order valence-electron chi connectivity index (χ0n) is 20.1. The molecule has 0 spiro atoms. The van der Waals surface area contributed by atoms with Gasteiger partial charge < -0.3 is 14.6 Å². The molecule has 1 saturated heterocycles. The molecule has 2 aromatic rings. The third-order valence-corrected chi connectivity index (χ3v) is 6.02. The Labute approximate surface area is 191 Å². The Hall–Kier alpha value is -2.60. The number of amides is 1. The van der Waals surface area contributed by atoms with Crippen LogP contribution in [0.5, 0.6) is 0 Å². The number of rotatable bonds is 7. The van der Waals surface area contributed by atoms with Crippen LogP contribution in [0, 0.1) is 13.8 Å². The van der Waals surface area contributed by atoms with Crippen LogP contribution in [0.2, 0.25) is 0 Å². The van der Waals surface area contributed by atoms with Gasteiger partial charge in [-0.2, -0.15) is 0 Å². The van der Waals surface area contributed by atoms with Crippen molar-refractivity contribution in [2.75, 3.05) is 19.6 Å². The molecule has 32 heavy (non-hydrogen) atoms. The molecule has 0 atom stereocenters. The first-order valence-corrected chi connectivity index (χ1v) is 11.6. The summed E-state index contributed by atoms with van der Waals surface area (Å²) in [6, 6.07) is 12.6. The number of carbonyl (C=O) groups excluding carboxylic acids is 2. The van der Waals surface area contributed by atoms with Crippen molar-refractivity contribution < 1.29 is 14.3 Å². The van der Waals surface area contributed by atoms with Gasteiger partial charge in [-0.1, -0.05) is 30.3 Å². The molecule has 0 radical (unpaired) electrons. The standard InChI is InChI=1S/C26H37N3O3/c1-19-17-23(20(2)29(19)16-11-21-9-7-6-8-10-21)24(30)18-28-14-12-22(13-15-28)27-25(31)32-26(3,4)5/h6-10,17,22H,11-16,18H2,1-5H3,(H,27,31). The fourth-order valence-corrected chi connectivity index (χ4v) is 4.31. The SMILES string of the molecule is Cc1cc(C(=O)CN2CCC(NC(=O)OC(C)(C)C)CC2)c(C)n1CCc1ccccc1. The molecule has 3 rings (SSSR count). The van der Waals surface area contributed by atoms with E-state index in [1.165, 1.54) is 5.56 Å². The lowest BCUT2D eigenvalue weighted by Gasteiger charge is -2.32. The van der Waals surface area contributed by atoms with Crippen LogP contribution in [-0.2, 0) is 17.7 Å². The van der Waals surface area contributed by atoms with Crippen molar-refractivity contribution in [1.82, 2.24) is 14.8 Å². The van der Waals surface area contributed by atoms with Gasteiger partial charge in [0.2, 0.25) is 0 Å². The molecule has 6 nitrogen and oxygen atoms in total. The van der Waals surface area contributed by atoms with E-state index in [1.807, 2.05) is 39.8 Å². The highest BCUT2D eigenvalue weighted by atomic mass is 16.6. The topological polar surface area (TPSA) is 63.6 Å². The second kappa shape index (κ2) is 10.3. The molecule has 0 bridgehead atoms. The number of aromatic nitrogens is 1. The molecule has 1 aliphatic heterocycles. The number of nitrogens with zero attached hydrogens (tertiary/aromatic N) is 2.